The van der Waals surface area contributed by atoms with Crippen LogP contribution in [-0.2, 0) is 6.18 Å². The predicted octanol–water partition coefficient (Wildman–Crippen LogP) is 2.78. The Kier molecular flexibility index (Phi) is 2.55. The molecule has 3 nitrogen and oxygen atoms in total. The Hall–Kier alpha value is -1.98. The summed E-state index contributed by atoms with van der Waals surface area (Å²) in [4.78, 5) is 3.80. The van der Waals surface area contributed by atoms with Crippen LogP contribution in [0.5, 0.6) is 0 Å². The first-order valence-electron chi connectivity index (χ1n) is 4.48. The molecule has 84 valence electrons. The summed E-state index contributed by atoms with van der Waals surface area (Å²) in [5, 5.41) is 0. The Bertz CT molecular complexity index is 445. The molecule has 1 N–H and O–H groups in total. The first-order valence-corrected chi connectivity index (χ1v) is 4.48. The van der Waals surface area contributed by atoms with Crippen LogP contribution in [0.15, 0.2) is 43.0 Å². The molecule has 0 bridgehead atoms. The van der Waals surface area contributed by atoms with E-state index in [1.165, 1.54) is 18.5 Å². The largest absolute Gasteiger partial charge is 0.416 e. The van der Waals surface area contributed by atoms with Crippen molar-refractivity contribution in [2.75, 3.05) is 5.43 Å². The van der Waals surface area contributed by atoms with E-state index in [9.17, 15) is 13.2 Å². The number of halogens is 3. The lowest BCUT2D eigenvalue weighted by atomic mass is 10.2. The molecule has 16 heavy (non-hydrogen) atoms. The van der Waals surface area contributed by atoms with Gasteiger partial charge in [-0.2, -0.15) is 13.2 Å². The molecule has 0 spiro atoms. The zero-order chi connectivity index (χ0) is 11.6. The highest BCUT2D eigenvalue weighted by molar-refractivity contribution is 5.44. The molecule has 2 rings (SSSR count). The monoisotopic (exact) mass is 227 g/mol. The first kappa shape index (κ1) is 10.5. The average Bonchev–Trinajstić information content (AvgIpc) is 2.70. The maximum absolute atomic E-state index is 12.3. The topological polar surface area (TPSA) is 29.9 Å². The molecule has 6 heteroatoms. The van der Waals surface area contributed by atoms with Gasteiger partial charge in [0.1, 0.15) is 6.33 Å². The summed E-state index contributed by atoms with van der Waals surface area (Å²) in [6, 6.07) is 4.78. The second-order valence-corrected chi connectivity index (χ2v) is 3.16. The van der Waals surface area contributed by atoms with Crippen molar-refractivity contribution in [1.82, 2.24) is 9.66 Å². The third-order valence-electron chi connectivity index (χ3n) is 1.97. The van der Waals surface area contributed by atoms with Gasteiger partial charge in [-0.25, -0.2) is 4.98 Å². The molecule has 0 unspecified atom stereocenters. The molecule has 0 fully saturated rings. The predicted molar refractivity (Wildman–Crippen MR) is 52.7 cm³/mol. The standard InChI is InChI=1S/C10H8F3N3/c11-10(12,13)8-1-3-9(4-2-8)15-16-6-5-14-7-16/h1-7,15H. The van der Waals surface area contributed by atoms with Crippen LogP contribution < -0.4 is 5.43 Å². The van der Waals surface area contributed by atoms with E-state index in [-0.39, 0.29) is 0 Å². The van der Waals surface area contributed by atoms with Gasteiger partial charge in [-0.3, -0.25) is 10.1 Å². The number of aromatic nitrogens is 2. The minimum Gasteiger partial charge on any atom is -0.293 e. The van der Waals surface area contributed by atoms with Gasteiger partial charge in [-0.05, 0) is 24.3 Å². The minimum absolute atomic E-state index is 0.561. The maximum Gasteiger partial charge on any atom is 0.416 e. The molecule has 0 saturated carbocycles. The Labute approximate surface area is 89.5 Å². The number of alkyl halides is 3. The van der Waals surface area contributed by atoms with Gasteiger partial charge in [0, 0.05) is 12.4 Å². The molecule has 0 aliphatic carbocycles. The fraction of sp³-hybridized carbons (Fsp3) is 0.100. The van der Waals surface area contributed by atoms with Crippen LogP contribution >= 0.6 is 0 Å². The number of nitrogens with zero attached hydrogens (tertiary/aromatic N) is 2. The Morgan fingerprint density at radius 2 is 1.81 bits per heavy atom. The number of hydrogen-bond acceptors (Lipinski definition) is 2. The highest BCUT2D eigenvalue weighted by Gasteiger charge is 2.29. The third-order valence-corrected chi connectivity index (χ3v) is 1.97. The lowest BCUT2D eigenvalue weighted by molar-refractivity contribution is -0.137. The molecule has 0 saturated heterocycles. The van der Waals surface area contributed by atoms with Crippen LogP contribution in [0.3, 0.4) is 0 Å². The highest BCUT2D eigenvalue weighted by Crippen LogP contribution is 2.29. The van der Waals surface area contributed by atoms with Crippen LogP contribution in [0.1, 0.15) is 5.56 Å². The summed E-state index contributed by atoms with van der Waals surface area (Å²) in [6.07, 6.45) is 0.431. The zero-order valence-electron chi connectivity index (χ0n) is 8.07. The van der Waals surface area contributed by atoms with Gasteiger partial charge in [0.25, 0.3) is 0 Å². The van der Waals surface area contributed by atoms with Crippen molar-refractivity contribution in [3.8, 4) is 0 Å². The third kappa shape index (κ3) is 2.33. The molecule has 0 atom stereocenters. The normalized spacial score (nSPS) is 11.4. The van der Waals surface area contributed by atoms with Crippen molar-refractivity contribution >= 4 is 5.69 Å². The molecular weight excluding hydrogens is 219 g/mol. The second kappa shape index (κ2) is 3.88. The number of imidazole rings is 1. The van der Waals surface area contributed by atoms with Crippen molar-refractivity contribution in [3.05, 3.63) is 48.5 Å². The number of nitrogens with one attached hydrogen (secondary N) is 1. The summed E-state index contributed by atoms with van der Waals surface area (Å²) < 4.78 is 38.3. The van der Waals surface area contributed by atoms with E-state index in [2.05, 4.69) is 10.4 Å². The number of hydrogen-bond donors (Lipinski definition) is 1. The summed E-state index contributed by atoms with van der Waals surface area (Å²) in [7, 11) is 0. The van der Waals surface area contributed by atoms with E-state index in [0.717, 1.165) is 12.1 Å². The van der Waals surface area contributed by atoms with Gasteiger partial charge in [-0.1, -0.05) is 0 Å². The molecule has 2 aromatic rings. The van der Waals surface area contributed by atoms with Gasteiger partial charge in [0.05, 0.1) is 11.3 Å². The van der Waals surface area contributed by atoms with Crippen LogP contribution in [0.4, 0.5) is 18.9 Å². The highest BCUT2D eigenvalue weighted by atomic mass is 19.4. The molecule has 1 heterocycles. The van der Waals surface area contributed by atoms with Gasteiger partial charge < -0.3 is 0 Å². The molecule has 0 aliphatic rings. The van der Waals surface area contributed by atoms with Gasteiger partial charge in [0.15, 0.2) is 0 Å². The van der Waals surface area contributed by atoms with Gasteiger partial charge in [-0.15, -0.1) is 0 Å². The first-order chi connectivity index (χ1) is 7.55. The summed E-state index contributed by atoms with van der Waals surface area (Å²) >= 11 is 0. The second-order valence-electron chi connectivity index (χ2n) is 3.16. The van der Waals surface area contributed by atoms with E-state index in [0.29, 0.717) is 5.69 Å². The summed E-state index contributed by atoms with van der Waals surface area (Å²) in [5.74, 6) is 0. The Balaban J connectivity index is 2.14. The fourth-order valence-electron chi connectivity index (χ4n) is 1.21. The average molecular weight is 227 g/mol. The lowest BCUT2D eigenvalue weighted by Gasteiger charge is -2.09. The van der Waals surface area contributed by atoms with Crippen LogP contribution in [0.2, 0.25) is 0 Å². The number of rotatable bonds is 2. The van der Waals surface area contributed by atoms with E-state index < -0.39 is 11.7 Å². The molecule has 1 aromatic heterocycles. The lowest BCUT2D eigenvalue weighted by Crippen LogP contribution is -2.07. The van der Waals surface area contributed by atoms with E-state index in [1.54, 1.807) is 17.1 Å². The quantitative estimate of drug-likeness (QED) is 0.854. The Morgan fingerprint density at radius 3 is 2.31 bits per heavy atom. The van der Waals surface area contributed by atoms with E-state index in [4.69, 9.17) is 0 Å². The molecule has 1 aromatic carbocycles. The molecule has 0 aliphatic heterocycles. The van der Waals surface area contributed by atoms with Gasteiger partial charge >= 0.3 is 6.18 Å². The smallest absolute Gasteiger partial charge is 0.293 e. The Morgan fingerprint density at radius 1 is 1.12 bits per heavy atom. The van der Waals surface area contributed by atoms with Crippen LogP contribution in [-0.4, -0.2) is 9.66 Å². The SMILES string of the molecule is FC(F)(F)c1ccc(Nn2ccnc2)cc1. The van der Waals surface area contributed by atoms with Crippen molar-refractivity contribution in [3.63, 3.8) is 0 Å². The number of anilines is 1. The van der Waals surface area contributed by atoms with Crippen molar-refractivity contribution in [2.24, 2.45) is 0 Å². The minimum atomic E-state index is -4.30. The molecule has 0 radical (unpaired) electrons. The van der Waals surface area contributed by atoms with Crippen molar-refractivity contribution < 1.29 is 13.2 Å². The van der Waals surface area contributed by atoms with Crippen molar-refractivity contribution in [2.45, 2.75) is 6.18 Å². The molecular formula is C10H8F3N3. The number of benzene rings is 1. The van der Waals surface area contributed by atoms with Crippen molar-refractivity contribution in [1.29, 1.82) is 0 Å². The summed E-state index contributed by atoms with van der Waals surface area (Å²) in [6.45, 7) is 0. The van der Waals surface area contributed by atoms with E-state index >= 15 is 0 Å². The summed E-state index contributed by atoms with van der Waals surface area (Å²) in [5.41, 5.74) is 2.75. The van der Waals surface area contributed by atoms with Gasteiger partial charge in [0.2, 0.25) is 0 Å². The maximum atomic E-state index is 12.3. The molecule has 0 amide bonds. The van der Waals surface area contributed by atoms with Crippen LogP contribution in [0.25, 0.3) is 0 Å². The van der Waals surface area contributed by atoms with E-state index in [1.807, 2.05) is 0 Å². The van der Waals surface area contributed by atoms with Crippen LogP contribution in [0, 0.1) is 0 Å². The zero-order valence-corrected chi connectivity index (χ0v) is 8.07. The fourth-order valence-corrected chi connectivity index (χ4v) is 1.21.